The average molecular weight is 473 g/mol. The Morgan fingerprint density at radius 1 is 0.676 bits per heavy atom. The fourth-order valence-corrected chi connectivity index (χ4v) is 6.19. The number of aromatic nitrogens is 1. The molecule has 1 unspecified atom stereocenters. The normalized spacial score (nSPS) is 16.9. The fraction of sp³-hybridized carbons (Fsp3) is 0.0571. The first-order chi connectivity index (χ1) is 18.3. The van der Waals surface area contributed by atoms with Gasteiger partial charge in [-0.1, -0.05) is 115 Å². The van der Waals surface area contributed by atoms with Crippen LogP contribution in [-0.4, -0.2) is 4.57 Å². The summed E-state index contributed by atoms with van der Waals surface area (Å²) in [5.41, 5.74) is 6.07. The van der Waals surface area contributed by atoms with E-state index < -0.39 is 5.54 Å². The van der Waals surface area contributed by atoms with Crippen molar-refractivity contribution >= 4 is 32.6 Å². The second kappa shape index (κ2) is 8.36. The van der Waals surface area contributed by atoms with E-state index in [1.165, 1.54) is 27.4 Å². The highest BCUT2D eigenvalue weighted by Crippen LogP contribution is 2.47. The van der Waals surface area contributed by atoms with Crippen LogP contribution in [0.1, 0.15) is 17.5 Å². The van der Waals surface area contributed by atoms with Crippen LogP contribution >= 0.6 is 0 Å². The van der Waals surface area contributed by atoms with E-state index in [2.05, 4.69) is 126 Å². The van der Waals surface area contributed by atoms with Crippen LogP contribution in [0.3, 0.4) is 0 Å². The summed E-state index contributed by atoms with van der Waals surface area (Å²) in [6.45, 7) is 0. The molecule has 1 atom stereocenters. The van der Waals surface area contributed by atoms with Crippen LogP contribution in [0.25, 0.3) is 43.7 Å². The first-order valence-corrected chi connectivity index (χ1v) is 12.7. The molecule has 1 aliphatic rings. The summed E-state index contributed by atoms with van der Waals surface area (Å²) in [5, 5.41) is 14.7. The summed E-state index contributed by atoms with van der Waals surface area (Å²) in [5.74, 6) is 0. The number of nitriles is 1. The molecule has 174 valence electrons. The van der Waals surface area contributed by atoms with E-state index in [9.17, 15) is 5.26 Å². The van der Waals surface area contributed by atoms with Crippen molar-refractivity contribution in [2.45, 2.75) is 12.0 Å². The van der Waals surface area contributed by atoms with Gasteiger partial charge in [-0.25, -0.2) is 0 Å². The van der Waals surface area contributed by atoms with Gasteiger partial charge < -0.3 is 4.57 Å². The average Bonchev–Trinajstić information content (AvgIpc) is 3.32. The number of allylic oxidation sites excluding steroid dienone is 4. The maximum atomic E-state index is 10.2. The van der Waals surface area contributed by atoms with Gasteiger partial charge in [-0.2, -0.15) is 5.26 Å². The predicted molar refractivity (Wildman–Crippen MR) is 154 cm³/mol. The highest BCUT2D eigenvalue weighted by molar-refractivity contribution is 6.09. The van der Waals surface area contributed by atoms with Gasteiger partial charge in [0.1, 0.15) is 0 Å². The van der Waals surface area contributed by atoms with E-state index in [4.69, 9.17) is 0 Å². The number of nitrogens with zero attached hydrogens (tertiary/aromatic N) is 2. The predicted octanol–water partition coefficient (Wildman–Crippen LogP) is 8.75. The number of para-hydroxylation sites is 2. The van der Waals surface area contributed by atoms with Gasteiger partial charge in [0.25, 0.3) is 0 Å². The molecule has 0 saturated heterocycles. The molecule has 1 aromatic heterocycles. The second-order valence-corrected chi connectivity index (χ2v) is 9.65. The van der Waals surface area contributed by atoms with Crippen molar-refractivity contribution < 1.29 is 0 Å². The summed E-state index contributed by atoms with van der Waals surface area (Å²) in [6.07, 6.45) is 9.72. The fourth-order valence-electron chi connectivity index (χ4n) is 6.19. The number of benzene rings is 5. The van der Waals surface area contributed by atoms with Gasteiger partial charge in [0.2, 0.25) is 0 Å². The minimum atomic E-state index is -0.473. The van der Waals surface area contributed by atoms with Gasteiger partial charge >= 0.3 is 0 Å². The highest BCUT2D eigenvalue weighted by Gasteiger charge is 2.37. The molecular weight excluding hydrogens is 448 g/mol. The van der Waals surface area contributed by atoms with E-state index in [1.807, 2.05) is 18.2 Å². The van der Waals surface area contributed by atoms with Gasteiger partial charge in [-0.3, -0.25) is 0 Å². The van der Waals surface area contributed by atoms with Crippen LogP contribution in [0.15, 0.2) is 133 Å². The largest absolute Gasteiger partial charge is 0.326 e. The maximum absolute atomic E-state index is 10.2. The Morgan fingerprint density at radius 2 is 1.38 bits per heavy atom. The zero-order valence-electron chi connectivity index (χ0n) is 20.3. The van der Waals surface area contributed by atoms with Crippen molar-refractivity contribution in [3.8, 4) is 17.2 Å². The van der Waals surface area contributed by atoms with E-state index in [1.54, 1.807) is 0 Å². The minimum Gasteiger partial charge on any atom is -0.326 e. The van der Waals surface area contributed by atoms with E-state index in [0.29, 0.717) is 5.56 Å². The maximum Gasteiger partial charge on any atom is 0.0998 e. The first-order valence-electron chi connectivity index (χ1n) is 12.7. The zero-order valence-corrected chi connectivity index (χ0v) is 20.3. The SMILES string of the molecule is N#Cc1cccc2ccc(C3(n4c5ccccc5c5ccccc54)C=CC=CC3)c(-c3ccccc3)c12. The molecule has 0 aliphatic heterocycles. The van der Waals surface area contributed by atoms with Crippen LogP contribution in [0.2, 0.25) is 0 Å². The summed E-state index contributed by atoms with van der Waals surface area (Å²) in [6, 6.07) is 40.9. The Balaban J connectivity index is 1.69. The van der Waals surface area contributed by atoms with Gasteiger partial charge in [0.05, 0.1) is 28.2 Å². The van der Waals surface area contributed by atoms with Crippen molar-refractivity contribution in [3.05, 3.63) is 145 Å². The lowest BCUT2D eigenvalue weighted by molar-refractivity contribution is 0.480. The van der Waals surface area contributed by atoms with Crippen LogP contribution < -0.4 is 0 Å². The smallest absolute Gasteiger partial charge is 0.0998 e. The van der Waals surface area contributed by atoms with E-state index in [-0.39, 0.29) is 0 Å². The Bertz CT molecular complexity index is 1860. The van der Waals surface area contributed by atoms with Gasteiger partial charge in [-0.15, -0.1) is 0 Å². The summed E-state index contributed by atoms with van der Waals surface area (Å²) in [4.78, 5) is 0. The third-order valence-corrected chi connectivity index (χ3v) is 7.72. The van der Waals surface area contributed by atoms with Crippen molar-refractivity contribution in [3.63, 3.8) is 0 Å². The standard InChI is InChI=1S/C35H24N2/c36-24-27-15-11-14-26-20-21-30(34(33(26)27)25-12-3-1-4-13-25)35(22-9-2-10-23-35)37-31-18-7-5-16-28(31)29-17-6-8-19-32(29)37/h1-22H,23H2. The summed E-state index contributed by atoms with van der Waals surface area (Å²) < 4.78 is 2.51. The molecule has 0 radical (unpaired) electrons. The molecule has 6 aromatic rings. The molecule has 37 heavy (non-hydrogen) atoms. The van der Waals surface area contributed by atoms with Crippen molar-refractivity contribution in [1.29, 1.82) is 5.26 Å². The summed E-state index contributed by atoms with van der Waals surface area (Å²) in [7, 11) is 0. The molecule has 0 bridgehead atoms. The number of hydrogen-bond donors (Lipinski definition) is 0. The zero-order chi connectivity index (χ0) is 24.8. The molecular formula is C35H24N2. The van der Waals surface area contributed by atoms with Crippen molar-refractivity contribution in [2.24, 2.45) is 0 Å². The molecule has 2 nitrogen and oxygen atoms in total. The number of hydrogen-bond acceptors (Lipinski definition) is 1. The molecule has 5 aromatic carbocycles. The number of fused-ring (bicyclic) bond motifs is 4. The molecule has 0 amide bonds. The van der Waals surface area contributed by atoms with Crippen LogP contribution in [-0.2, 0) is 5.54 Å². The van der Waals surface area contributed by atoms with E-state index >= 15 is 0 Å². The van der Waals surface area contributed by atoms with Gasteiger partial charge in [0, 0.05) is 16.2 Å². The molecule has 0 spiro atoms. The Hall–Kier alpha value is -4.87. The monoisotopic (exact) mass is 472 g/mol. The molecule has 0 fully saturated rings. The second-order valence-electron chi connectivity index (χ2n) is 9.65. The first kappa shape index (κ1) is 21.4. The Labute approximate surface area is 216 Å². The third kappa shape index (κ3) is 3.11. The third-order valence-electron chi connectivity index (χ3n) is 7.72. The van der Waals surface area contributed by atoms with Gasteiger partial charge in [0.15, 0.2) is 0 Å². The lowest BCUT2D eigenvalue weighted by atomic mass is 9.77. The van der Waals surface area contributed by atoms with E-state index in [0.717, 1.165) is 28.3 Å². The molecule has 0 N–H and O–H groups in total. The molecule has 0 saturated carbocycles. The number of rotatable bonds is 3. The van der Waals surface area contributed by atoms with Crippen LogP contribution in [0.4, 0.5) is 0 Å². The van der Waals surface area contributed by atoms with Gasteiger partial charge in [-0.05, 0) is 46.7 Å². The Morgan fingerprint density at radius 3 is 2.05 bits per heavy atom. The molecule has 7 rings (SSSR count). The topological polar surface area (TPSA) is 28.7 Å². The van der Waals surface area contributed by atoms with Crippen molar-refractivity contribution in [2.75, 3.05) is 0 Å². The Kier molecular flexibility index (Phi) is 4.84. The quantitative estimate of drug-likeness (QED) is 0.253. The molecule has 2 heteroatoms. The molecule has 1 heterocycles. The lowest BCUT2D eigenvalue weighted by Crippen LogP contribution is -2.34. The van der Waals surface area contributed by atoms with Crippen molar-refractivity contribution in [1.82, 2.24) is 4.57 Å². The van der Waals surface area contributed by atoms with Crippen LogP contribution in [0.5, 0.6) is 0 Å². The minimum absolute atomic E-state index is 0.473. The summed E-state index contributed by atoms with van der Waals surface area (Å²) >= 11 is 0. The lowest BCUT2D eigenvalue weighted by Gasteiger charge is -2.37. The highest BCUT2D eigenvalue weighted by atomic mass is 15.1. The van der Waals surface area contributed by atoms with Crippen LogP contribution in [0, 0.1) is 11.3 Å². The molecule has 1 aliphatic carbocycles.